The maximum atomic E-state index is 10.9. The summed E-state index contributed by atoms with van der Waals surface area (Å²) in [5, 5.41) is 12.4. The Hall–Kier alpha value is -1.71. The number of hydrogen-bond acceptors (Lipinski definition) is 3. The van der Waals surface area contributed by atoms with Crippen LogP contribution in [0.1, 0.15) is 37.0 Å². The minimum Gasteiger partial charge on any atom is -0.478 e. The summed E-state index contributed by atoms with van der Waals surface area (Å²) >= 11 is 0. The summed E-state index contributed by atoms with van der Waals surface area (Å²) in [5.74, 6) is 0.380. The molecule has 3 unspecified atom stereocenters. The summed E-state index contributed by atoms with van der Waals surface area (Å²) in [6.07, 6.45) is 2.39. The van der Waals surface area contributed by atoms with Gasteiger partial charge in [0.25, 0.3) is 0 Å². The van der Waals surface area contributed by atoms with Gasteiger partial charge in [0.1, 0.15) is 0 Å². The van der Waals surface area contributed by atoms with E-state index in [-0.39, 0.29) is 5.56 Å². The van der Waals surface area contributed by atoms with Gasteiger partial charge in [-0.25, -0.2) is 4.79 Å². The van der Waals surface area contributed by atoms with Crippen molar-refractivity contribution >= 4 is 17.3 Å². The van der Waals surface area contributed by atoms with E-state index in [0.717, 1.165) is 18.0 Å². The smallest absolute Gasteiger partial charge is 0.337 e. The minimum atomic E-state index is -0.984. The molecule has 1 saturated carbocycles. The number of hydrogen-bond donors (Lipinski definition) is 3. The van der Waals surface area contributed by atoms with Crippen LogP contribution in [-0.2, 0) is 0 Å². The second-order valence-electron chi connectivity index (χ2n) is 5.27. The van der Waals surface area contributed by atoms with Crippen molar-refractivity contribution in [1.29, 1.82) is 0 Å². The molecule has 4 N–H and O–H groups in total. The van der Waals surface area contributed by atoms with Gasteiger partial charge in [0.2, 0.25) is 0 Å². The molecule has 0 saturated heterocycles. The second-order valence-corrected chi connectivity index (χ2v) is 5.27. The maximum absolute atomic E-state index is 10.9. The molecule has 1 aromatic rings. The van der Waals surface area contributed by atoms with Gasteiger partial charge in [0.15, 0.2) is 0 Å². The molecule has 0 aromatic heterocycles. The summed E-state index contributed by atoms with van der Waals surface area (Å²) in [5.41, 5.74) is 7.12. The first-order chi connectivity index (χ1) is 8.49. The maximum Gasteiger partial charge on any atom is 0.337 e. The highest BCUT2D eigenvalue weighted by atomic mass is 16.4. The lowest BCUT2D eigenvalue weighted by Crippen LogP contribution is -2.24. The third kappa shape index (κ3) is 2.42. The molecule has 4 nitrogen and oxygen atoms in total. The van der Waals surface area contributed by atoms with Crippen LogP contribution in [0.3, 0.4) is 0 Å². The summed E-state index contributed by atoms with van der Waals surface area (Å²) in [7, 11) is 0. The van der Waals surface area contributed by atoms with E-state index in [2.05, 4.69) is 19.2 Å². The van der Waals surface area contributed by atoms with Crippen molar-refractivity contribution in [3.05, 3.63) is 23.8 Å². The molecule has 98 valence electrons. The Morgan fingerprint density at radius 3 is 2.61 bits per heavy atom. The van der Waals surface area contributed by atoms with Crippen molar-refractivity contribution in [3.63, 3.8) is 0 Å². The third-order valence-corrected chi connectivity index (χ3v) is 4.10. The Morgan fingerprint density at radius 1 is 1.39 bits per heavy atom. The van der Waals surface area contributed by atoms with Gasteiger partial charge in [-0.3, -0.25) is 0 Å². The lowest BCUT2D eigenvalue weighted by Gasteiger charge is -2.21. The van der Waals surface area contributed by atoms with E-state index in [9.17, 15) is 4.79 Å². The van der Waals surface area contributed by atoms with E-state index >= 15 is 0 Å². The molecule has 0 radical (unpaired) electrons. The number of carbonyl (C=O) groups is 1. The molecule has 1 aliphatic carbocycles. The first kappa shape index (κ1) is 12.7. The second kappa shape index (κ2) is 4.88. The molecule has 0 heterocycles. The lowest BCUT2D eigenvalue weighted by atomic mass is 9.97. The first-order valence-electron chi connectivity index (χ1n) is 6.38. The lowest BCUT2D eigenvalue weighted by molar-refractivity contribution is 0.0698. The number of aromatic carboxylic acids is 1. The van der Waals surface area contributed by atoms with Gasteiger partial charge in [-0.2, -0.15) is 0 Å². The predicted molar refractivity (Wildman–Crippen MR) is 72.8 cm³/mol. The number of carboxylic acids is 1. The fourth-order valence-electron chi connectivity index (χ4n) is 2.63. The van der Waals surface area contributed by atoms with Crippen LogP contribution in [0.5, 0.6) is 0 Å². The van der Waals surface area contributed by atoms with E-state index in [1.807, 2.05) is 0 Å². The van der Waals surface area contributed by atoms with Gasteiger partial charge in [0, 0.05) is 17.4 Å². The average molecular weight is 248 g/mol. The molecule has 0 amide bonds. The van der Waals surface area contributed by atoms with Crippen LogP contribution in [0.15, 0.2) is 18.2 Å². The highest BCUT2D eigenvalue weighted by Crippen LogP contribution is 2.33. The highest BCUT2D eigenvalue weighted by molar-refractivity contribution is 5.94. The largest absolute Gasteiger partial charge is 0.478 e. The summed E-state index contributed by atoms with van der Waals surface area (Å²) in [4.78, 5) is 10.9. The van der Waals surface area contributed by atoms with Crippen LogP contribution in [0, 0.1) is 11.8 Å². The average Bonchev–Trinajstić information content (AvgIpc) is 2.61. The summed E-state index contributed by atoms with van der Waals surface area (Å²) in [6.45, 7) is 4.53. The van der Waals surface area contributed by atoms with Crippen LogP contribution in [0.25, 0.3) is 0 Å². The van der Waals surface area contributed by atoms with E-state index < -0.39 is 5.97 Å². The van der Waals surface area contributed by atoms with Crippen LogP contribution >= 0.6 is 0 Å². The Morgan fingerprint density at radius 2 is 2.11 bits per heavy atom. The highest BCUT2D eigenvalue weighted by Gasteiger charge is 2.29. The number of carboxylic acid groups (broad SMARTS) is 1. The Balaban J connectivity index is 2.11. The molecule has 0 bridgehead atoms. The minimum absolute atomic E-state index is 0.161. The fourth-order valence-corrected chi connectivity index (χ4v) is 2.63. The van der Waals surface area contributed by atoms with Crippen molar-refractivity contribution in [1.82, 2.24) is 0 Å². The van der Waals surface area contributed by atoms with Crippen molar-refractivity contribution in [3.8, 4) is 0 Å². The Labute approximate surface area is 107 Å². The zero-order chi connectivity index (χ0) is 13.3. The van der Waals surface area contributed by atoms with Crippen molar-refractivity contribution in [2.45, 2.75) is 32.7 Å². The predicted octanol–water partition coefficient (Wildman–Crippen LogP) is 2.81. The number of benzene rings is 1. The molecule has 4 heteroatoms. The Kier molecular flexibility index (Phi) is 3.45. The molecule has 3 atom stereocenters. The molecule has 18 heavy (non-hydrogen) atoms. The standard InChI is InChI=1S/C14H20N2O2/c1-8-3-6-13(9(8)2)16-10-4-5-11(14(17)18)12(15)7-10/h4-5,7-9,13,16H,3,6,15H2,1-2H3,(H,17,18). The zero-order valence-corrected chi connectivity index (χ0v) is 10.8. The molecular formula is C14H20N2O2. The van der Waals surface area contributed by atoms with Crippen LogP contribution in [0.4, 0.5) is 11.4 Å². The first-order valence-corrected chi connectivity index (χ1v) is 6.38. The zero-order valence-electron chi connectivity index (χ0n) is 10.8. The van der Waals surface area contributed by atoms with Gasteiger partial charge in [0.05, 0.1) is 5.56 Å². The molecule has 0 spiro atoms. The molecule has 0 aliphatic heterocycles. The van der Waals surface area contributed by atoms with E-state index in [0.29, 0.717) is 17.6 Å². The molecule has 1 fully saturated rings. The monoisotopic (exact) mass is 248 g/mol. The summed E-state index contributed by atoms with van der Waals surface area (Å²) < 4.78 is 0. The number of anilines is 2. The van der Waals surface area contributed by atoms with Crippen LogP contribution in [0.2, 0.25) is 0 Å². The molecule has 1 aromatic carbocycles. The van der Waals surface area contributed by atoms with Crippen molar-refractivity contribution in [2.75, 3.05) is 11.1 Å². The van der Waals surface area contributed by atoms with Gasteiger partial charge in [-0.1, -0.05) is 13.8 Å². The number of rotatable bonds is 3. The van der Waals surface area contributed by atoms with Crippen molar-refractivity contribution < 1.29 is 9.90 Å². The van der Waals surface area contributed by atoms with Crippen LogP contribution in [-0.4, -0.2) is 17.1 Å². The molecule has 1 aliphatic rings. The topological polar surface area (TPSA) is 75.3 Å². The quantitative estimate of drug-likeness (QED) is 0.719. The normalized spacial score (nSPS) is 27.1. The fraction of sp³-hybridized carbons (Fsp3) is 0.500. The van der Waals surface area contributed by atoms with Gasteiger partial charge in [-0.05, 0) is 42.9 Å². The van der Waals surface area contributed by atoms with Gasteiger partial charge < -0.3 is 16.2 Å². The summed E-state index contributed by atoms with van der Waals surface area (Å²) in [6, 6.07) is 5.51. The molecule has 2 rings (SSSR count). The SMILES string of the molecule is CC1CCC(Nc2ccc(C(=O)O)c(N)c2)C1C. The van der Waals surface area contributed by atoms with Gasteiger partial charge in [-0.15, -0.1) is 0 Å². The van der Waals surface area contributed by atoms with E-state index in [4.69, 9.17) is 10.8 Å². The number of nitrogens with one attached hydrogen (secondary N) is 1. The van der Waals surface area contributed by atoms with Gasteiger partial charge >= 0.3 is 5.97 Å². The van der Waals surface area contributed by atoms with Crippen molar-refractivity contribution in [2.24, 2.45) is 11.8 Å². The third-order valence-electron chi connectivity index (χ3n) is 4.10. The van der Waals surface area contributed by atoms with Crippen LogP contribution < -0.4 is 11.1 Å². The molecular weight excluding hydrogens is 228 g/mol. The van der Waals surface area contributed by atoms with E-state index in [1.165, 1.54) is 6.42 Å². The number of nitrogens with two attached hydrogens (primary N) is 1. The number of nitrogen functional groups attached to an aromatic ring is 1. The Bertz CT molecular complexity index is 459. The van der Waals surface area contributed by atoms with E-state index in [1.54, 1.807) is 18.2 Å².